The van der Waals surface area contributed by atoms with Crippen LogP contribution in [0.5, 0.6) is 5.75 Å². The molecule has 0 bridgehead atoms. The van der Waals surface area contributed by atoms with E-state index in [9.17, 15) is 23.1 Å². The fraction of sp³-hybridized carbons (Fsp3) is 0.625. The molecule has 1 aliphatic carbocycles. The molecule has 1 saturated carbocycles. The average molecular weight is 544 g/mol. The van der Waals surface area contributed by atoms with Crippen molar-refractivity contribution in [2.45, 2.75) is 71.0 Å². The van der Waals surface area contributed by atoms with Gasteiger partial charge in [-0.2, -0.15) is 0 Å². The van der Waals surface area contributed by atoms with Crippen molar-refractivity contribution in [1.29, 1.82) is 0 Å². The number of amidine groups is 1. The van der Waals surface area contributed by atoms with E-state index < -0.39 is 28.0 Å². The summed E-state index contributed by atoms with van der Waals surface area (Å²) in [6.07, 6.45) is 6.62. The van der Waals surface area contributed by atoms with Gasteiger partial charge in [0.2, 0.25) is 11.8 Å². The van der Waals surface area contributed by atoms with E-state index in [1.165, 1.54) is 45.2 Å². The van der Waals surface area contributed by atoms with E-state index in [1.54, 1.807) is 6.07 Å². The highest BCUT2D eigenvalue weighted by Gasteiger charge is 2.40. The van der Waals surface area contributed by atoms with Crippen molar-refractivity contribution in [1.82, 2.24) is 10.2 Å². The van der Waals surface area contributed by atoms with Crippen molar-refractivity contribution < 1.29 is 23.1 Å². The number of aromatic hydroxyl groups is 1. The number of hydrogen-bond donors (Lipinski definition) is 4. The number of phenols is 1. The average Bonchev–Trinajstić information content (AvgIpc) is 3.23. The van der Waals surface area contributed by atoms with Gasteiger partial charge in [0.15, 0.2) is 0 Å². The van der Waals surface area contributed by atoms with Gasteiger partial charge in [0.05, 0.1) is 23.4 Å². The maximum Gasteiger partial charge on any atom is 0.254 e. The number of nitrogens with two attached hydrogens (primary N) is 2. The molecule has 12 heteroatoms. The summed E-state index contributed by atoms with van der Waals surface area (Å²) >= 11 is 0. The second-order valence-electron chi connectivity index (χ2n) is 9.68. The molecule has 1 aliphatic heterocycles. The number of nitrogens with one attached hydrogen (secondary N) is 1. The first-order valence-corrected chi connectivity index (χ1v) is 13.9. The van der Waals surface area contributed by atoms with Crippen LogP contribution in [0.3, 0.4) is 0 Å². The quantitative estimate of drug-likeness (QED) is 0.283. The Labute approximate surface area is 219 Å². The standard InChI is InChI=1S/C24H37N5O5S.ClH/c1-3-35(33,34)28-22(26)19-10-9-16(11-21(19)30)13-29-14-18(17-7-5-4-6-8-17)12-20(29)24(32)27-23(31)15(2)25;/h9-11,15,17-18,20,30H,3-8,12-14,25H2,1-2H3,(H2,26,28)(H,27,31,32);1H/t15-,18?,20-;/m0./s1. The number of nitrogens with zero attached hydrogens (tertiary/aromatic N) is 2. The molecule has 1 aromatic carbocycles. The highest BCUT2D eigenvalue weighted by molar-refractivity contribution is 7.90. The van der Waals surface area contributed by atoms with E-state index in [2.05, 4.69) is 9.71 Å². The predicted molar refractivity (Wildman–Crippen MR) is 141 cm³/mol. The molecule has 3 rings (SSSR count). The van der Waals surface area contributed by atoms with Crippen LogP contribution in [0.2, 0.25) is 0 Å². The number of likely N-dealkylation sites (tertiary alicyclic amines) is 1. The lowest BCUT2D eigenvalue weighted by Gasteiger charge is -2.27. The van der Waals surface area contributed by atoms with Crippen LogP contribution in [-0.2, 0) is 26.2 Å². The zero-order chi connectivity index (χ0) is 25.8. The van der Waals surface area contributed by atoms with Crippen molar-refractivity contribution in [2.24, 2.45) is 27.7 Å². The summed E-state index contributed by atoms with van der Waals surface area (Å²) in [5.74, 6) is -0.611. The number of amides is 2. The lowest BCUT2D eigenvalue weighted by atomic mass is 9.79. The van der Waals surface area contributed by atoms with Gasteiger partial charge in [-0.25, -0.2) is 8.42 Å². The summed E-state index contributed by atoms with van der Waals surface area (Å²) in [4.78, 5) is 27.1. The molecule has 2 amide bonds. The minimum absolute atomic E-state index is 0. The summed E-state index contributed by atoms with van der Waals surface area (Å²) in [7, 11) is -3.70. The molecule has 202 valence electrons. The SMILES string of the molecule is CCS(=O)(=O)N=C(N)c1ccc(CN2CC(C3CCCCC3)C[C@H]2C(=O)NC(=O)[C@H](C)N)cc1O.Cl. The molecule has 2 fully saturated rings. The molecule has 10 nitrogen and oxygen atoms in total. The first-order chi connectivity index (χ1) is 16.5. The van der Waals surface area contributed by atoms with Crippen molar-refractivity contribution >= 4 is 40.1 Å². The molecule has 1 unspecified atom stereocenters. The van der Waals surface area contributed by atoms with Crippen LogP contribution >= 0.6 is 12.4 Å². The van der Waals surface area contributed by atoms with E-state index in [0.29, 0.717) is 24.8 Å². The third kappa shape index (κ3) is 7.64. The van der Waals surface area contributed by atoms with E-state index in [0.717, 1.165) is 24.9 Å². The molecule has 1 heterocycles. The van der Waals surface area contributed by atoms with Crippen molar-refractivity contribution in [3.8, 4) is 5.75 Å². The zero-order valence-electron chi connectivity index (χ0n) is 20.9. The highest BCUT2D eigenvalue weighted by atomic mass is 35.5. The summed E-state index contributed by atoms with van der Waals surface area (Å²) < 4.78 is 27.0. The molecule has 2 aliphatic rings. The first-order valence-electron chi connectivity index (χ1n) is 12.3. The van der Waals surface area contributed by atoms with Crippen molar-refractivity contribution in [3.63, 3.8) is 0 Å². The number of hydrogen-bond acceptors (Lipinski definition) is 7. The number of sulfonamides is 1. The summed E-state index contributed by atoms with van der Waals surface area (Å²) in [6, 6.07) is 3.50. The second kappa shape index (κ2) is 12.8. The zero-order valence-corrected chi connectivity index (χ0v) is 22.5. The minimum Gasteiger partial charge on any atom is -0.507 e. The first kappa shape index (κ1) is 30.0. The van der Waals surface area contributed by atoms with Gasteiger partial charge in [-0.05, 0) is 49.8 Å². The monoisotopic (exact) mass is 543 g/mol. The number of phenolic OH excluding ortho intramolecular Hbond substituents is 1. The van der Waals surface area contributed by atoms with Gasteiger partial charge in [0, 0.05) is 13.1 Å². The third-order valence-electron chi connectivity index (χ3n) is 7.04. The van der Waals surface area contributed by atoms with Gasteiger partial charge >= 0.3 is 0 Å². The molecule has 0 radical (unpaired) electrons. The lowest BCUT2D eigenvalue weighted by Crippen LogP contribution is -2.49. The Morgan fingerprint density at radius 3 is 2.47 bits per heavy atom. The van der Waals surface area contributed by atoms with Gasteiger partial charge in [-0.1, -0.05) is 38.2 Å². The molecule has 3 atom stereocenters. The Morgan fingerprint density at radius 2 is 1.89 bits per heavy atom. The normalized spacial score (nSPS) is 22.6. The number of carbonyl (C=O) groups is 2. The van der Waals surface area contributed by atoms with Gasteiger partial charge in [-0.15, -0.1) is 16.8 Å². The molecule has 1 saturated heterocycles. The maximum atomic E-state index is 13.0. The molecule has 36 heavy (non-hydrogen) atoms. The van der Waals surface area contributed by atoms with Crippen LogP contribution in [0, 0.1) is 11.8 Å². The van der Waals surface area contributed by atoms with Crippen LogP contribution in [0.25, 0.3) is 0 Å². The van der Waals surface area contributed by atoms with Gasteiger partial charge < -0.3 is 16.6 Å². The van der Waals surface area contributed by atoms with Gasteiger partial charge in [0.1, 0.15) is 11.6 Å². The number of benzene rings is 1. The molecular weight excluding hydrogens is 506 g/mol. The number of carbonyl (C=O) groups excluding carboxylic acids is 2. The molecule has 0 aromatic heterocycles. The largest absolute Gasteiger partial charge is 0.507 e. The van der Waals surface area contributed by atoms with E-state index in [4.69, 9.17) is 11.5 Å². The number of rotatable bonds is 8. The fourth-order valence-corrected chi connectivity index (χ4v) is 5.57. The highest BCUT2D eigenvalue weighted by Crippen LogP contribution is 2.38. The van der Waals surface area contributed by atoms with E-state index in [-0.39, 0.29) is 41.2 Å². The Bertz CT molecular complexity index is 1070. The van der Waals surface area contributed by atoms with Gasteiger partial charge in [0.25, 0.3) is 10.0 Å². The molecule has 6 N–H and O–H groups in total. The molecule has 0 spiro atoms. The number of imide groups is 1. The summed E-state index contributed by atoms with van der Waals surface area (Å²) in [6.45, 7) is 4.09. The summed E-state index contributed by atoms with van der Waals surface area (Å²) in [5, 5.41) is 12.9. The lowest BCUT2D eigenvalue weighted by molar-refractivity contribution is -0.133. The Balaban J connectivity index is 0.00000456. The van der Waals surface area contributed by atoms with E-state index >= 15 is 0 Å². The van der Waals surface area contributed by atoms with Crippen LogP contribution in [0.1, 0.15) is 63.5 Å². The minimum atomic E-state index is -3.70. The van der Waals surface area contributed by atoms with Crippen LogP contribution in [-0.4, -0.2) is 60.5 Å². The second-order valence-corrected chi connectivity index (χ2v) is 11.6. The van der Waals surface area contributed by atoms with Gasteiger partial charge in [-0.3, -0.25) is 19.8 Å². The Kier molecular flexibility index (Phi) is 10.7. The number of halogens is 1. The Hall–Kier alpha value is -2.21. The molecular formula is C24H38ClN5O5S. The van der Waals surface area contributed by atoms with Crippen LogP contribution in [0.15, 0.2) is 22.6 Å². The topological polar surface area (TPSA) is 168 Å². The fourth-order valence-electron chi connectivity index (χ4n) is 5.04. The van der Waals surface area contributed by atoms with E-state index in [1.807, 2.05) is 4.90 Å². The maximum absolute atomic E-state index is 13.0. The smallest absolute Gasteiger partial charge is 0.254 e. The third-order valence-corrected chi connectivity index (χ3v) is 8.25. The molecule has 1 aromatic rings. The predicted octanol–water partition coefficient (Wildman–Crippen LogP) is 1.63. The van der Waals surface area contributed by atoms with Crippen molar-refractivity contribution in [3.05, 3.63) is 29.3 Å². The van der Waals surface area contributed by atoms with Crippen LogP contribution < -0.4 is 16.8 Å². The summed E-state index contributed by atoms with van der Waals surface area (Å²) in [5.41, 5.74) is 12.3. The van der Waals surface area contributed by atoms with Crippen molar-refractivity contribution in [2.75, 3.05) is 12.3 Å². The van der Waals surface area contributed by atoms with Crippen LogP contribution in [0.4, 0.5) is 0 Å². The Morgan fingerprint density at radius 1 is 1.22 bits per heavy atom.